The minimum absolute atomic E-state index is 0.00296. The molecule has 4 fully saturated rings. The molecule has 4 heterocycles. The van der Waals surface area contributed by atoms with Gasteiger partial charge in [0.05, 0.1) is 66.1 Å². The van der Waals surface area contributed by atoms with Crippen LogP contribution in [0, 0.1) is 5.92 Å². The largest absolute Gasteiger partial charge is 0.756 e. The number of ether oxygens (including phenoxy) is 9. The van der Waals surface area contributed by atoms with Crippen LogP contribution >= 0.6 is 7.82 Å². The number of rotatable bonds is 60. The maximum Gasteiger partial charge on any atom is 0.267 e. The van der Waals surface area contributed by atoms with Crippen molar-refractivity contribution in [3.05, 3.63) is 0 Å². The first-order chi connectivity index (χ1) is 54.6. The Hall–Kier alpha value is -5.38. The molecule has 41 heteroatoms. The van der Waals surface area contributed by atoms with Crippen LogP contribution in [0.1, 0.15) is 175 Å². The second kappa shape index (κ2) is 56.9. The number of carbonyl (C=O) groups is 9. The summed E-state index contributed by atoms with van der Waals surface area (Å²) in [5.74, 6) is -3.84. The standard InChI is InChI=1S/C73H132N9O31P/c1-48(86)78-60-66(97)63(94)52(42-83)111-70(60)107-35-17-9-5-13-30-75-56(90)26-39-104-45-73(46-105-40-27-57(91)76-31-14-6-10-18-36-108-71-61(79-49(2)87)67(98)64(95)53(43-84)112-71,47-106-41-28-58(92)77-32-15-7-11-19-37-109-72-62(80-50(3)88)68(99)65(96)54(44-85)113-72)81-69(100)51-24-33-82(34-25-51)59(93)23-21-22-55(89)74-29-16-8-12-20-38-110-114(101,102)103-4/h51-54,60-68,70-72,83-85,94-99H,5-47H2,1-4H3,(H,74,89)(H,75,90)(H,76,91)(H,77,92)(H,78,86)(H,79,87)(H,80,88)(H,81,100)(H,101,102)/p-1. The van der Waals surface area contributed by atoms with Gasteiger partial charge in [-0.2, -0.15) is 0 Å². The van der Waals surface area contributed by atoms with Gasteiger partial charge in [0, 0.05) is 125 Å². The van der Waals surface area contributed by atoms with E-state index in [0.717, 1.165) is 13.5 Å². The van der Waals surface area contributed by atoms with Crippen LogP contribution < -0.4 is 47.4 Å². The van der Waals surface area contributed by atoms with Crippen molar-refractivity contribution in [1.82, 2.24) is 47.4 Å². The van der Waals surface area contributed by atoms with Gasteiger partial charge >= 0.3 is 0 Å². The van der Waals surface area contributed by atoms with E-state index >= 15 is 0 Å². The number of amides is 9. The number of aliphatic hydroxyl groups is 9. The van der Waals surface area contributed by atoms with Crippen molar-refractivity contribution >= 4 is 61.0 Å². The number of hydrogen-bond acceptors (Lipinski definition) is 31. The summed E-state index contributed by atoms with van der Waals surface area (Å²) in [6.07, 6.45) is -4.55. The molecule has 0 aromatic heterocycles. The highest BCUT2D eigenvalue weighted by molar-refractivity contribution is 7.45. The van der Waals surface area contributed by atoms with Gasteiger partial charge in [-0.1, -0.05) is 51.4 Å². The van der Waals surface area contributed by atoms with E-state index < -0.39 is 155 Å². The average molecular weight is 1660 g/mol. The molecule has 40 nitrogen and oxygen atoms in total. The quantitative estimate of drug-likeness (QED) is 0.0205. The molecule has 17 N–H and O–H groups in total. The van der Waals surface area contributed by atoms with Crippen LogP contribution in [-0.2, 0) is 99.4 Å². The lowest BCUT2D eigenvalue weighted by Crippen LogP contribution is -2.64. The number of nitrogens with zero attached hydrogens (tertiary/aromatic N) is 1. The van der Waals surface area contributed by atoms with E-state index in [2.05, 4.69) is 47.1 Å². The van der Waals surface area contributed by atoms with Crippen molar-refractivity contribution in [3.63, 3.8) is 0 Å². The molecular formula is C73H131N9O31P-. The van der Waals surface area contributed by atoms with Gasteiger partial charge in [-0.3, -0.25) is 47.7 Å². The van der Waals surface area contributed by atoms with Crippen LogP contribution in [0.4, 0.5) is 0 Å². The van der Waals surface area contributed by atoms with Gasteiger partial charge in [0.25, 0.3) is 7.82 Å². The van der Waals surface area contributed by atoms with Crippen molar-refractivity contribution in [3.8, 4) is 0 Å². The fourth-order valence-electron chi connectivity index (χ4n) is 13.1. The zero-order valence-corrected chi connectivity index (χ0v) is 67.4. The SMILES string of the molecule is COP(=O)([O-])OCCCCCCNC(=O)CCCC(=O)N1CCC(C(=O)NC(COCCC(=O)NCCCCCCOC2OC(CO)C(O)C(O)C2NC(C)=O)(COCCC(=O)NCCCCCCOC2OC(CO)C(O)C(O)C2NC(C)=O)COCCC(=O)NCCCCCCOC2OC(CO)C(O)C(O)C2NC(C)=O)CC1. The molecule has 660 valence electrons. The highest BCUT2D eigenvalue weighted by atomic mass is 31.2. The van der Waals surface area contributed by atoms with Crippen molar-refractivity contribution in [1.29, 1.82) is 0 Å². The molecule has 0 radical (unpaired) electrons. The third-order valence-electron chi connectivity index (χ3n) is 19.6. The van der Waals surface area contributed by atoms with E-state index in [-0.39, 0.29) is 154 Å². The Morgan fingerprint density at radius 1 is 0.430 bits per heavy atom. The van der Waals surface area contributed by atoms with Crippen molar-refractivity contribution in [2.75, 3.05) is 132 Å². The summed E-state index contributed by atoms with van der Waals surface area (Å²) in [4.78, 5) is 129. The first-order valence-corrected chi connectivity index (χ1v) is 41.5. The number of piperidine rings is 1. The minimum Gasteiger partial charge on any atom is -0.756 e. The van der Waals surface area contributed by atoms with Gasteiger partial charge < -0.3 is 150 Å². The maximum atomic E-state index is 14.6. The van der Waals surface area contributed by atoms with Gasteiger partial charge in [-0.15, -0.1) is 0 Å². The molecule has 0 aromatic rings. The molecule has 4 aliphatic rings. The fraction of sp³-hybridized carbons (Fsp3) is 0.877. The van der Waals surface area contributed by atoms with Gasteiger partial charge in [0.2, 0.25) is 53.2 Å². The molecule has 0 aromatic carbocycles. The zero-order chi connectivity index (χ0) is 83.9. The molecule has 16 unspecified atom stereocenters. The Morgan fingerprint density at radius 3 is 1.06 bits per heavy atom. The minimum atomic E-state index is -4.28. The van der Waals surface area contributed by atoms with Crippen molar-refractivity contribution in [2.45, 2.75) is 272 Å². The van der Waals surface area contributed by atoms with Gasteiger partial charge in [0.1, 0.15) is 78.6 Å². The second-order valence-corrected chi connectivity index (χ2v) is 30.6. The summed E-state index contributed by atoms with van der Waals surface area (Å²) >= 11 is 0. The molecule has 16 atom stereocenters. The molecule has 4 saturated heterocycles. The summed E-state index contributed by atoms with van der Waals surface area (Å²) in [5.41, 5.74) is -1.48. The molecule has 0 aliphatic carbocycles. The monoisotopic (exact) mass is 1660 g/mol. The van der Waals surface area contributed by atoms with Gasteiger partial charge in [0.15, 0.2) is 18.9 Å². The van der Waals surface area contributed by atoms with E-state index in [1.165, 1.54) is 20.8 Å². The molecule has 0 saturated carbocycles. The first-order valence-electron chi connectivity index (χ1n) is 40.0. The van der Waals surface area contributed by atoms with Crippen LogP contribution in [0.5, 0.6) is 0 Å². The normalized spacial score (nSPS) is 25.6. The van der Waals surface area contributed by atoms with Gasteiger partial charge in [-0.05, 0) is 70.6 Å². The second-order valence-electron chi connectivity index (χ2n) is 29.1. The number of hydrogen-bond donors (Lipinski definition) is 17. The average Bonchev–Trinajstić information content (AvgIpc) is 0.822. The molecule has 4 aliphatic heterocycles. The third kappa shape index (κ3) is 39.5. The molecule has 0 bridgehead atoms. The van der Waals surface area contributed by atoms with E-state index in [1.807, 2.05) is 0 Å². The van der Waals surface area contributed by atoms with Gasteiger partial charge in [-0.25, -0.2) is 0 Å². The van der Waals surface area contributed by atoms with E-state index in [9.17, 15) is 98.6 Å². The molecular weight excluding hydrogens is 1530 g/mol. The summed E-state index contributed by atoms with van der Waals surface area (Å²) in [6, 6.07) is -3.21. The van der Waals surface area contributed by atoms with E-state index in [4.69, 9.17) is 47.2 Å². The summed E-state index contributed by atoms with van der Waals surface area (Å²) in [5, 5.41) is 114. The van der Waals surface area contributed by atoms with Crippen LogP contribution in [0.15, 0.2) is 0 Å². The topological polar surface area (TPSA) is 577 Å². The van der Waals surface area contributed by atoms with Crippen LogP contribution in [0.3, 0.4) is 0 Å². The number of unbranched alkanes of at least 4 members (excludes halogenated alkanes) is 12. The Balaban J connectivity index is 1.35. The predicted molar refractivity (Wildman–Crippen MR) is 401 cm³/mol. The molecule has 114 heavy (non-hydrogen) atoms. The number of nitrogens with one attached hydrogen (secondary N) is 8. The highest BCUT2D eigenvalue weighted by Crippen LogP contribution is 2.37. The van der Waals surface area contributed by atoms with Crippen LogP contribution in [0.2, 0.25) is 0 Å². The number of phosphoric acid groups is 1. The van der Waals surface area contributed by atoms with Crippen molar-refractivity contribution < 1.29 is 150 Å². The Kier molecular flexibility index (Phi) is 50.4. The molecule has 4 rings (SSSR count). The lowest BCUT2D eigenvalue weighted by Gasteiger charge is -2.42. The van der Waals surface area contributed by atoms with E-state index in [1.54, 1.807) is 4.90 Å². The summed E-state index contributed by atoms with van der Waals surface area (Å²) < 4.78 is 73.1. The Morgan fingerprint density at radius 2 is 0.746 bits per heavy atom. The summed E-state index contributed by atoms with van der Waals surface area (Å²) in [7, 11) is -3.26. The molecule has 9 amide bonds. The Bertz CT molecular complexity index is 2640. The summed E-state index contributed by atoms with van der Waals surface area (Å²) in [6.45, 7) is 3.20. The van der Waals surface area contributed by atoms with Crippen molar-refractivity contribution in [2.24, 2.45) is 5.92 Å². The number of likely N-dealkylation sites (tertiary alicyclic amines) is 1. The first kappa shape index (κ1) is 101. The molecule has 0 spiro atoms. The number of carbonyl (C=O) groups excluding carboxylic acids is 9. The highest BCUT2D eigenvalue weighted by Gasteiger charge is 2.48. The smallest absolute Gasteiger partial charge is 0.267 e. The van der Waals surface area contributed by atoms with Crippen LogP contribution in [-0.4, -0.2) is 334 Å². The fourth-order valence-corrected chi connectivity index (χ4v) is 13.6. The maximum absolute atomic E-state index is 14.6. The van der Waals surface area contributed by atoms with Crippen LogP contribution in [0.25, 0.3) is 0 Å². The third-order valence-corrected chi connectivity index (χ3v) is 20.5. The zero-order valence-electron chi connectivity index (χ0n) is 66.5. The van der Waals surface area contributed by atoms with E-state index in [0.29, 0.717) is 129 Å². The Labute approximate surface area is 666 Å². The predicted octanol–water partition coefficient (Wildman–Crippen LogP) is -3.81. The number of phosphoric ester groups is 1. The number of aliphatic hydroxyl groups excluding tert-OH is 9. The lowest BCUT2D eigenvalue weighted by atomic mass is 9.93. The lowest BCUT2D eigenvalue weighted by molar-refractivity contribution is -0.270.